The van der Waals surface area contributed by atoms with Gasteiger partial charge in [0.25, 0.3) is 5.91 Å². The molecule has 170 valence electrons. The van der Waals surface area contributed by atoms with Crippen LogP contribution in [0.4, 0.5) is 5.13 Å². The summed E-state index contributed by atoms with van der Waals surface area (Å²) in [5.41, 5.74) is 1.49. The van der Waals surface area contributed by atoms with Crippen molar-refractivity contribution in [2.75, 3.05) is 4.90 Å². The van der Waals surface area contributed by atoms with Crippen LogP contribution in [0.25, 0.3) is 0 Å². The normalized spacial score (nSPS) is 15.7. The molecule has 1 aliphatic heterocycles. The Bertz CT molecular complexity index is 1380. The van der Waals surface area contributed by atoms with E-state index in [1.54, 1.807) is 37.3 Å². The number of aliphatic hydroxyl groups excluding tert-OH is 1. The summed E-state index contributed by atoms with van der Waals surface area (Å²) in [4.78, 5) is 27.7. The van der Waals surface area contributed by atoms with Gasteiger partial charge in [0.2, 0.25) is 10.9 Å². The van der Waals surface area contributed by atoms with Crippen LogP contribution in [0, 0.1) is 6.92 Å². The number of aromatic nitrogens is 2. The first-order valence-corrected chi connectivity index (χ1v) is 11.3. The molecule has 3 heterocycles. The molecule has 0 bridgehead atoms. The number of ketones is 1. The van der Waals surface area contributed by atoms with Gasteiger partial charge in [-0.15, -0.1) is 10.2 Å². The van der Waals surface area contributed by atoms with Gasteiger partial charge >= 0.3 is 0 Å². The van der Waals surface area contributed by atoms with Gasteiger partial charge in [-0.05, 0) is 42.3 Å². The Hall–Kier alpha value is -4.24. The average molecular weight is 474 g/mol. The van der Waals surface area contributed by atoms with Gasteiger partial charge in [0.1, 0.15) is 17.4 Å². The molecule has 34 heavy (non-hydrogen) atoms. The second kappa shape index (κ2) is 8.95. The van der Waals surface area contributed by atoms with E-state index in [1.165, 1.54) is 28.6 Å². The lowest BCUT2D eigenvalue weighted by Gasteiger charge is -2.24. The van der Waals surface area contributed by atoms with Gasteiger partial charge in [-0.25, -0.2) is 0 Å². The maximum absolute atomic E-state index is 13.3. The molecule has 2 aromatic heterocycles. The van der Waals surface area contributed by atoms with Crippen LogP contribution in [0.2, 0.25) is 0 Å². The van der Waals surface area contributed by atoms with E-state index in [4.69, 9.17) is 9.15 Å². The number of carbonyl (C=O) groups excluding carboxylic acids is 2. The minimum atomic E-state index is -0.933. The Morgan fingerprint density at radius 2 is 1.94 bits per heavy atom. The highest BCUT2D eigenvalue weighted by Crippen LogP contribution is 2.43. The first kappa shape index (κ1) is 21.6. The zero-order valence-corrected chi connectivity index (χ0v) is 18.9. The number of hydrogen-bond acceptors (Lipinski definition) is 8. The average Bonchev–Trinajstić information content (AvgIpc) is 3.59. The molecular weight excluding hydrogens is 454 g/mol. The molecule has 0 saturated carbocycles. The van der Waals surface area contributed by atoms with Gasteiger partial charge in [0.15, 0.2) is 11.5 Å². The highest BCUT2D eigenvalue weighted by molar-refractivity contribution is 7.15. The van der Waals surface area contributed by atoms with Crippen molar-refractivity contribution in [3.05, 3.63) is 106 Å². The number of hydrogen-bond donors (Lipinski definition) is 1. The Morgan fingerprint density at radius 3 is 2.65 bits per heavy atom. The molecule has 9 heteroatoms. The van der Waals surface area contributed by atoms with Crippen LogP contribution in [0.15, 0.2) is 88.7 Å². The van der Waals surface area contributed by atoms with Crippen molar-refractivity contribution < 1.29 is 23.8 Å². The summed E-state index contributed by atoms with van der Waals surface area (Å²) in [7, 11) is 0. The number of rotatable bonds is 7. The maximum Gasteiger partial charge on any atom is 0.296 e. The first-order valence-electron chi connectivity index (χ1n) is 10.4. The van der Waals surface area contributed by atoms with E-state index in [0.717, 1.165) is 5.56 Å². The molecule has 0 fully saturated rings. The minimum absolute atomic E-state index is 0.0196. The van der Waals surface area contributed by atoms with E-state index in [1.807, 2.05) is 30.3 Å². The molecule has 0 radical (unpaired) electrons. The zero-order valence-electron chi connectivity index (χ0n) is 18.0. The molecule has 0 aliphatic carbocycles. The Balaban J connectivity index is 1.55. The molecule has 8 nitrogen and oxygen atoms in total. The van der Waals surface area contributed by atoms with E-state index in [2.05, 4.69) is 10.2 Å². The minimum Gasteiger partial charge on any atom is -0.503 e. The van der Waals surface area contributed by atoms with Crippen molar-refractivity contribution in [3.63, 3.8) is 0 Å². The molecule has 1 aliphatic rings. The first-order chi connectivity index (χ1) is 16.5. The molecule has 1 amide bonds. The van der Waals surface area contributed by atoms with Gasteiger partial charge in [0.05, 0.1) is 17.9 Å². The van der Waals surface area contributed by atoms with Gasteiger partial charge in [0, 0.05) is 0 Å². The fourth-order valence-corrected chi connectivity index (χ4v) is 4.50. The molecule has 5 rings (SSSR count). The van der Waals surface area contributed by atoms with Gasteiger partial charge in [-0.1, -0.05) is 53.8 Å². The number of anilines is 1. The van der Waals surface area contributed by atoms with E-state index in [-0.39, 0.29) is 16.5 Å². The smallest absolute Gasteiger partial charge is 0.296 e. The number of amides is 1. The number of benzene rings is 2. The van der Waals surface area contributed by atoms with Gasteiger partial charge in [-0.3, -0.25) is 14.5 Å². The number of carbonyl (C=O) groups is 2. The summed E-state index contributed by atoms with van der Waals surface area (Å²) in [6.45, 7) is 2.11. The quantitative estimate of drug-likeness (QED) is 0.384. The largest absolute Gasteiger partial charge is 0.503 e. The van der Waals surface area contributed by atoms with Crippen LogP contribution >= 0.6 is 11.3 Å². The third-order valence-corrected chi connectivity index (χ3v) is 6.18. The van der Waals surface area contributed by atoms with E-state index in [0.29, 0.717) is 22.9 Å². The fraction of sp³-hybridized carbons (Fsp3) is 0.120. The van der Waals surface area contributed by atoms with Crippen LogP contribution < -0.4 is 9.64 Å². The standard InChI is InChI=1S/C25H19N3O5S/c1-15-26-27-25(34-15)28-21(20(23(30)24(28)31)22(29)19-11-6-12-32-19)17-9-5-10-18(13-17)33-14-16-7-3-2-4-8-16/h2-13,21,30H,14H2,1H3. The lowest BCUT2D eigenvalue weighted by Crippen LogP contribution is -2.31. The predicted octanol–water partition coefficient (Wildman–Crippen LogP) is 4.80. The van der Waals surface area contributed by atoms with E-state index in [9.17, 15) is 14.7 Å². The summed E-state index contributed by atoms with van der Waals surface area (Å²) in [6.07, 6.45) is 1.36. The molecule has 1 unspecified atom stereocenters. The summed E-state index contributed by atoms with van der Waals surface area (Å²) >= 11 is 1.19. The number of nitrogens with zero attached hydrogens (tertiary/aromatic N) is 3. The zero-order chi connectivity index (χ0) is 23.7. The lowest BCUT2D eigenvalue weighted by molar-refractivity contribution is -0.117. The SMILES string of the molecule is Cc1nnc(N2C(=O)C(O)=C(C(=O)c3ccco3)C2c2cccc(OCc3ccccc3)c2)s1. The highest BCUT2D eigenvalue weighted by atomic mass is 32.1. The van der Waals surface area contributed by atoms with Crippen molar-refractivity contribution >= 4 is 28.2 Å². The van der Waals surface area contributed by atoms with Crippen LogP contribution in [-0.2, 0) is 11.4 Å². The van der Waals surface area contributed by atoms with Gasteiger partial charge < -0.3 is 14.3 Å². The molecule has 0 spiro atoms. The van der Waals surface area contributed by atoms with E-state index < -0.39 is 23.5 Å². The maximum atomic E-state index is 13.3. The third kappa shape index (κ3) is 3.97. The van der Waals surface area contributed by atoms with E-state index >= 15 is 0 Å². The Morgan fingerprint density at radius 1 is 1.12 bits per heavy atom. The Labute approximate surface area is 198 Å². The molecule has 0 saturated heterocycles. The van der Waals surface area contributed by atoms with Crippen molar-refractivity contribution in [2.45, 2.75) is 19.6 Å². The molecule has 1 atom stereocenters. The van der Waals surface area contributed by atoms with Crippen molar-refractivity contribution in [2.24, 2.45) is 0 Å². The van der Waals surface area contributed by atoms with Crippen molar-refractivity contribution in [1.82, 2.24) is 10.2 Å². The Kier molecular flexibility index (Phi) is 5.69. The van der Waals surface area contributed by atoms with Crippen LogP contribution in [0.1, 0.15) is 32.7 Å². The predicted molar refractivity (Wildman–Crippen MR) is 125 cm³/mol. The number of Topliss-reactive ketones (excluding diaryl/α,β-unsaturated/α-hetero) is 1. The third-order valence-electron chi connectivity index (χ3n) is 5.34. The second-order valence-electron chi connectivity index (χ2n) is 7.60. The second-order valence-corrected chi connectivity index (χ2v) is 8.76. The summed E-state index contributed by atoms with van der Waals surface area (Å²) < 4.78 is 11.2. The molecular formula is C25H19N3O5S. The number of aliphatic hydroxyl groups is 1. The fourth-order valence-electron chi connectivity index (χ4n) is 3.79. The topological polar surface area (TPSA) is 106 Å². The molecule has 2 aromatic carbocycles. The van der Waals surface area contributed by atoms with Gasteiger partial charge in [-0.2, -0.15) is 0 Å². The van der Waals surface area contributed by atoms with Crippen LogP contribution in [0.3, 0.4) is 0 Å². The lowest BCUT2D eigenvalue weighted by atomic mass is 9.95. The van der Waals surface area contributed by atoms with Crippen molar-refractivity contribution in [3.8, 4) is 5.75 Å². The number of furan rings is 1. The summed E-state index contributed by atoms with van der Waals surface area (Å²) in [6, 6.07) is 18.9. The van der Waals surface area contributed by atoms with Crippen LogP contribution in [-0.4, -0.2) is 27.0 Å². The summed E-state index contributed by atoms with van der Waals surface area (Å²) in [5.74, 6) is -1.38. The van der Waals surface area contributed by atoms with Crippen LogP contribution in [0.5, 0.6) is 5.75 Å². The molecule has 4 aromatic rings. The number of aryl methyl sites for hydroxylation is 1. The highest BCUT2D eigenvalue weighted by Gasteiger charge is 2.46. The molecule has 1 N–H and O–H groups in total. The van der Waals surface area contributed by atoms with Crippen molar-refractivity contribution in [1.29, 1.82) is 0 Å². The summed E-state index contributed by atoms with van der Waals surface area (Å²) in [5, 5.41) is 19.8. The number of ether oxygens (including phenoxy) is 1. The monoisotopic (exact) mass is 473 g/mol.